The summed E-state index contributed by atoms with van der Waals surface area (Å²) in [5.41, 5.74) is 3.40. The number of rotatable bonds is 3. The second kappa shape index (κ2) is 5.72. The minimum absolute atomic E-state index is 0.170. The van der Waals surface area contributed by atoms with Crippen molar-refractivity contribution >= 4 is 11.6 Å². The van der Waals surface area contributed by atoms with Crippen molar-refractivity contribution in [2.45, 2.75) is 26.4 Å². The van der Waals surface area contributed by atoms with E-state index in [0.717, 1.165) is 16.7 Å². The van der Waals surface area contributed by atoms with Crippen LogP contribution in [-0.2, 0) is 6.42 Å². The van der Waals surface area contributed by atoms with E-state index < -0.39 is 11.9 Å². The van der Waals surface area contributed by atoms with E-state index in [1.807, 2.05) is 26.0 Å². The van der Waals surface area contributed by atoms with Gasteiger partial charge < -0.3 is 5.11 Å². The van der Waals surface area contributed by atoms with Gasteiger partial charge in [0.15, 0.2) is 0 Å². The minimum atomic E-state index is -0.935. The van der Waals surface area contributed by atoms with Crippen molar-refractivity contribution < 1.29 is 9.50 Å². The molecule has 0 bridgehead atoms. The first-order valence-electron chi connectivity index (χ1n) is 6.16. The highest BCUT2D eigenvalue weighted by molar-refractivity contribution is 6.31. The van der Waals surface area contributed by atoms with Crippen LogP contribution in [0.25, 0.3) is 0 Å². The van der Waals surface area contributed by atoms with Gasteiger partial charge in [0.05, 0.1) is 6.10 Å². The summed E-state index contributed by atoms with van der Waals surface area (Å²) in [4.78, 5) is 0. The number of benzene rings is 2. The normalized spacial score (nSPS) is 12.5. The smallest absolute Gasteiger partial charge is 0.130 e. The molecule has 1 unspecified atom stereocenters. The van der Waals surface area contributed by atoms with Gasteiger partial charge in [-0.05, 0) is 31.5 Å². The molecular weight excluding hydrogens is 263 g/mol. The Hall–Kier alpha value is -1.38. The molecular formula is C16H16ClFO. The maximum absolute atomic E-state index is 13.7. The molecule has 100 valence electrons. The molecule has 2 rings (SSSR count). The molecule has 0 amide bonds. The van der Waals surface area contributed by atoms with Crippen LogP contribution in [0.3, 0.4) is 0 Å². The van der Waals surface area contributed by atoms with Gasteiger partial charge >= 0.3 is 0 Å². The lowest BCUT2D eigenvalue weighted by atomic mass is 9.98. The monoisotopic (exact) mass is 278 g/mol. The quantitative estimate of drug-likeness (QED) is 0.884. The number of hydrogen-bond donors (Lipinski definition) is 1. The molecule has 0 fully saturated rings. The Labute approximate surface area is 117 Å². The minimum Gasteiger partial charge on any atom is -0.388 e. The van der Waals surface area contributed by atoms with Crippen molar-refractivity contribution in [3.05, 3.63) is 69.5 Å². The fraction of sp³-hybridized carbons (Fsp3) is 0.250. The molecule has 0 aliphatic rings. The van der Waals surface area contributed by atoms with Crippen LogP contribution in [0.1, 0.15) is 28.4 Å². The summed E-state index contributed by atoms with van der Waals surface area (Å²) in [5.74, 6) is -0.468. The average Bonchev–Trinajstić information content (AvgIpc) is 2.26. The second-order valence-electron chi connectivity index (χ2n) is 4.85. The third-order valence-electron chi connectivity index (χ3n) is 3.04. The van der Waals surface area contributed by atoms with Crippen molar-refractivity contribution in [2.75, 3.05) is 0 Å². The molecule has 0 saturated heterocycles. The third kappa shape index (κ3) is 3.34. The van der Waals surface area contributed by atoms with Crippen molar-refractivity contribution in [3.63, 3.8) is 0 Å². The zero-order valence-electron chi connectivity index (χ0n) is 11.0. The summed E-state index contributed by atoms with van der Waals surface area (Å²) in [6.45, 7) is 4.00. The largest absolute Gasteiger partial charge is 0.388 e. The predicted octanol–water partition coefficient (Wildman–Crippen LogP) is 4.37. The molecule has 2 aromatic carbocycles. The van der Waals surface area contributed by atoms with Crippen molar-refractivity contribution in [1.82, 2.24) is 0 Å². The van der Waals surface area contributed by atoms with E-state index in [1.54, 1.807) is 6.07 Å². The first kappa shape index (κ1) is 14.0. The van der Waals surface area contributed by atoms with Crippen LogP contribution in [0.4, 0.5) is 4.39 Å². The molecule has 3 heteroatoms. The molecule has 0 heterocycles. The fourth-order valence-corrected chi connectivity index (χ4v) is 2.63. The van der Waals surface area contributed by atoms with Gasteiger partial charge in [0, 0.05) is 17.0 Å². The predicted molar refractivity (Wildman–Crippen MR) is 76.0 cm³/mol. The Morgan fingerprint density at radius 2 is 1.79 bits per heavy atom. The van der Waals surface area contributed by atoms with E-state index in [4.69, 9.17) is 11.6 Å². The third-order valence-corrected chi connectivity index (χ3v) is 3.37. The summed E-state index contributed by atoms with van der Waals surface area (Å²) in [7, 11) is 0. The van der Waals surface area contributed by atoms with Gasteiger partial charge in [-0.25, -0.2) is 4.39 Å². The number of aliphatic hydroxyl groups excluding tert-OH is 1. The Morgan fingerprint density at radius 3 is 2.37 bits per heavy atom. The van der Waals surface area contributed by atoms with E-state index >= 15 is 0 Å². The van der Waals surface area contributed by atoms with E-state index in [1.165, 1.54) is 12.1 Å². The molecule has 1 N–H and O–H groups in total. The molecule has 0 saturated carbocycles. The summed E-state index contributed by atoms with van der Waals surface area (Å²) in [6, 6.07) is 10.5. The van der Waals surface area contributed by atoms with Crippen LogP contribution in [-0.4, -0.2) is 5.11 Å². The highest BCUT2D eigenvalue weighted by Crippen LogP contribution is 2.28. The first-order valence-corrected chi connectivity index (χ1v) is 6.54. The maximum Gasteiger partial charge on any atom is 0.130 e. The summed E-state index contributed by atoms with van der Waals surface area (Å²) in [6.07, 6.45) is -0.585. The highest BCUT2D eigenvalue weighted by Gasteiger charge is 2.17. The van der Waals surface area contributed by atoms with Gasteiger partial charge in [-0.3, -0.25) is 0 Å². The summed E-state index contributed by atoms with van der Waals surface area (Å²) < 4.78 is 13.7. The molecule has 1 atom stereocenters. The fourth-order valence-electron chi connectivity index (χ4n) is 2.34. The molecule has 0 aliphatic carbocycles. The SMILES string of the molecule is Cc1cc(C)cc(CC(O)c2c(F)cccc2Cl)c1. The standard InChI is InChI=1S/C16H16ClFO/c1-10-6-11(2)8-12(7-10)9-15(19)16-13(17)4-3-5-14(16)18/h3-8,15,19H,9H2,1-2H3. The molecule has 0 aliphatic heterocycles. The molecule has 2 aromatic rings. The van der Waals surface area contributed by atoms with Gasteiger partial charge in [0.1, 0.15) is 5.82 Å². The van der Waals surface area contributed by atoms with Crippen molar-refractivity contribution in [3.8, 4) is 0 Å². The van der Waals surface area contributed by atoms with Crippen LogP contribution in [0.15, 0.2) is 36.4 Å². The molecule has 19 heavy (non-hydrogen) atoms. The van der Waals surface area contributed by atoms with E-state index in [9.17, 15) is 9.50 Å². The van der Waals surface area contributed by atoms with Crippen LogP contribution in [0, 0.1) is 19.7 Å². The van der Waals surface area contributed by atoms with Gasteiger partial charge in [0.25, 0.3) is 0 Å². The Morgan fingerprint density at radius 1 is 1.16 bits per heavy atom. The second-order valence-corrected chi connectivity index (χ2v) is 5.26. The molecule has 0 radical (unpaired) electrons. The molecule has 0 spiro atoms. The zero-order valence-corrected chi connectivity index (χ0v) is 11.7. The maximum atomic E-state index is 13.7. The molecule has 1 nitrogen and oxygen atoms in total. The van der Waals surface area contributed by atoms with E-state index in [-0.39, 0.29) is 10.6 Å². The zero-order chi connectivity index (χ0) is 14.0. The highest BCUT2D eigenvalue weighted by atomic mass is 35.5. The Balaban J connectivity index is 2.28. The lowest BCUT2D eigenvalue weighted by Crippen LogP contribution is -2.05. The van der Waals surface area contributed by atoms with Gasteiger partial charge in [-0.15, -0.1) is 0 Å². The Bertz CT molecular complexity index is 555. The van der Waals surface area contributed by atoms with Gasteiger partial charge in [-0.1, -0.05) is 47.0 Å². The lowest BCUT2D eigenvalue weighted by molar-refractivity contribution is 0.173. The number of aliphatic hydroxyl groups is 1. The van der Waals surface area contributed by atoms with E-state index in [2.05, 4.69) is 6.07 Å². The number of hydrogen-bond acceptors (Lipinski definition) is 1. The topological polar surface area (TPSA) is 20.2 Å². The molecule has 0 aromatic heterocycles. The van der Waals surface area contributed by atoms with Gasteiger partial charge in [-0.2, -0.15) is 0 Å². The van der Waals surface area contributed by atoms with Crippen LogP contribution < -0.4 is 0 Å². The van der Waals surface area contributed by atoms with Crippen LogP contribution in [0.5, 0.6) is 0 Å². The van der Waals surface area contributed by atoms with Crippen molar-refractivity contribution in [1.29, 1.82) is 0 Å². The van der Waals surface area contributed by atoms with Crippen LogP contribution in [0.2, 0.25) is 5.02 Å². The number of halogens is 2. The number of aryl methyl sites for hydroxylation is 2. The lowest BCUT2D eigenvalue weighted by Gasteiger charge is -2.14. The summed E-state index contributed by atoms with van der Waals surface area (Å²) >= 11 is 5.95. The van der Waals surface area contributed by atoms with Gasteiger partial charge in [0.2, 0.25) is 0 Å². The van der Waals surface area contributed by atoms with E-state index in [0.29, 0.717) is 6.42 Å². The van der Waals surface area contributed by atoms with Crippen LogP contribution >= 0.6 is 11.6 Å². The average molecular weight is 279 g/mol. The summed E-state index contributed by atoms with van der Waals surface area (Å²) in [5, 5.41) is 10.5. The van der Waals surface area contributed by atoms with Crippen molar-refractivity contribution in [2.24, 2.45) is 0 Å². The Kier molecular flexibility index (Phi) is 4.23. The first-order chi connectivity index (χ1) is 8.97.